The van der Waals surface area contributed by atoms with E-state index in [0.717, 1.165) is 23.2 Å². The SMILES string of the molecule is CNCC=Cc1ccc(C(C)=O)cc1C. The van der Waals surface area contributed by atoms with Crippen molar-refractivity contribution in [2.24, 2.45) is 0 Å². The van der Waals surface area contributed by atoms with Gasteiger partial charge in [0.1, 0.15) is 0 Å². The maximum atomic E-state index is 11.1. The molecule has 0 aliphatic carbocycles. The molecule has 1 N–H and O–H groups in total. The molecule has 2 nitrogen and oxygen atoms in total. The van der Waals surface area contributed by atoms with E-state index in [-0.39, 0.29) is 5.78 Å². The van der Waals surface area contributed by atoms with Gasteiger partial charge in [0.15, 0.2) is 5.78 Å². The van der Waals surface area contributed by atoms with Crippen molar-refractivity contribution in [2.45, 2.75) is 13.8 Å². The van der Waals surface area contributed by atoms with E-state index < -0.39 is 0 Å². The van der Waals surface area contributed by atoms with E-state index in [9.17, 15) is 4.79 Å². The number of aryl methyl sites for hydroxylation is 1. The Labute approximate surface area is 91.0 Å². The highest BCUT2D eigenvalue weighted by Crippen LogP contribution is 2.13. The van der Waals surface area contributed by atoms with Crippen molar-refractivity contribution in [2.75, 3.05) is 13.6 Å². The second kappa shape index (κ2) is 5.47. The highest BCUT2D eigenvalue weighted by Gasteiger charge is 2.00. The molecule has 0 aliphatic heterocycles. The molecule has 0 bridgehead atoms. The molecule has 0 fully saturated rings. The number of likely N-dealkylation sites (N-methyl/N-ethyl adjacent to an activating group) is 1. The quantitative estimate of drug-likeness (QED) is 0.761. The minimum atomic E-state index is 0.115. The smallest absolute Gasteiger partial charge is 0.159 e. The number of carbonyl (C=O) groups is 1. The zero-order chi connectivity index (χ0) is 11.3. The molecule has 0 saturated heterocycles. The predicted molar refractivity (Wildman–Crippen MR) is 64.1 cm³/mol. The summed E-state index contributed by atoms with van der Waals surface area (Å²) in [5.41, 5.74) is 3.07. The molecule has 15 heavy (non-hydrogen) atoms. The van der Waals surface area contributed by atoms with Crippen LogP contribution in [0, 0.1) is 6.92 Å². The molecule has 0 amide bonds. The zero-order valence-electron chi connectivity index (χ0n) is 9.50. The fourth-order valence-corrected chi connectivity index (χ4v) is 1.39. The monoisotopic (exact) mass is 203 g/mol. The van der Waals surface area contributed by atoms with Gasteiger partial charge in [0, 0.05) is 12.1 Å². The minimum absolute atomic E-state index is 0.115. The summed E-state index contributed by atoms with van der Waals surface area (Å²) in [6, 6.07) is 5.79. The van der Waals surface area contributed by atoms with E-state index in [1.165, 1.54) is 0 Å². The molecule has 2 heteroatoms. The summed E-state index contributed by atoms with van der Waals surface area (Å²) < 4.78 is 0. The topological polar surface area (TPSA) is 29.1 Å². The van der Waals surface area contributed by atoms with Crippen molar-refractivity contribution in [1.29, 1.82) is 0 Å². The Kier molecular flexibility index (Phi) is 4.25. The van der Waals surface area contributed by atoms with E-state index in [1.54, 1.807) is 6.92 Å². The molecule has 0 heterocycles. The first-order valence-corrected chi connectivity index (χ1v) is 5.08. The van der Waals surface area contributed by atoms with Gasteiger partial charge in [-0.1, -0.05) is 24.3 Å². The predicted octanol–water partition coefficient (Wildman–Crippen LogP) is 2.43. The van der Waals surface area contributed by atoms with Crippen molar-refractivity contribution in [3.8, 4) is 0 Å². The lowest BCUT2D eigenvalue weighted by Gasteiger charge is -2.02. The number of Topliss-reactive ketones (excluding diaryl/α,β-unsaturated/α-hetero) is 1. The summed E-state index contributed by atoms with van der Waals surface area (Å²) in [6.45, 7) is 4.46. The molecule has 0 radical (unpaired) electrons. The number of nitrogens with one attached hydrogen (secondary N) is 1. The van der Waals surface area contributed by atoms with Crippen LogP contribution >= 0.6 is 0 Å². The molecule has 0 aliphatic rings. The Hall–Kier alpha value is -1.41. The molecule has 80 valence electrons. The average Bonchev–Trinajstić information content (AvgIpc) is 2.20. The average molecular weight is 203 g/mol. The van der Waals surface area contributed by atoms with E-state index in [2.05, 4.69) is 17.5 Å². The second-order valence-corrected chi connectivity index (χ2v) is 3.59. The molecular weight excluding hydrogens is 186 g/mol. The molecule has 0 unspecified atom stereocenters. The van der Waals surface area contributed by atoms with Crippen LogP contribution in [0.2, 0.25) is 0 Å². The van der Waals surface area contributed by atoms with Crippen molar-refractivity contribution >= 4 is 11.9 Å². The van der Waals surface area contributed by atoms with Crippen LogP contribution in [0.1, 0.15) is 28.4 Å². The van der Waals surface area contributed by atoms with Gasteiger partial charge in [-0.3, -0.25) is 4.79 Å². The second-order valence-electron chi connectivity index (χ2n) is 3.59. The zero-order valence-corrected chi connectivity index (χ0v) is 9.50. The summed E-state index contributed by atoms with van der Waals surface area (Å²) >= 11 is 0. The fraction of sp³-hybridized carbons (Fsp3) is 0.308. The molecule has 1 rings (SSSR count). The van der Waals surface area contributed by atoms with Crippen LogP contribution in [0.15, 0.2) is 24.3 Å². The van der Waals surface area contributed by atoms with E-state index in [1.807, 2.05) is 32.2 Å². The third-order valence-electron chi connectivity index (χ3n) is 2.30. The lowest BCUT2D eigenvalue weighted by molar-refractivity contribution is 0.101. The molecule has 1 aromatic carbocycles. The Morgan fingerprint density at radius 3 is 2.73 bits per heavy atom. The Balaban J connectivity index is 2.88. The van der Waals surface area contributed by atoms with Gasteiger partial charge < -0.3 is 5.32 Å². The first kappa shape index (κ1) is 11.7. The van der Waals surface area contributed by atoms with Crippen molar-refractivity contribution in [3.63, 3.8) is 0 Å². The van der Waals surface area contributed by atoms with E-state index >= 15 is 0 Å². The standard InChI is InChI=1S/C13H17NO/c1-10-9-13(11(2)15)7-6-12(10)5-4-8-14-3/h4-7,9,14H,8H2,1-3H3. The van der Waals surface area contributed by atoms with Gasteiger partial charge in [-0.05, 0) is 38.1 Å². The van der Waals surface area contributed by atoms with Gasteiger partial charge in [0.05, 0.1) is 0 Å². The van der Waals surface area contributed by atoms with Gasteiger partial charge in [-0.25, -0.2) is 0 Å². The van der Waals surface area contributed by atoms with Crippen LogP contribution in [0.3, 0.4) is 0 Å². The first-order chi connectivity index (χ1) is 7.15. The molecule has 0 saturated carbocycles. The molecular formula is C13H17NO. The number of rotatable bonds is 4. The van der Waals surface area contributed by atoms with E-state index in [4.69, 9.17) is 0 Å². The van der Waals surface area contributed by atoms with Crippen molar-refractivity contribution in [3.05, 3.63) is 41.0 Å². The summed E-state index contributed by atoms with van der Waals surface area (Å²) in [5.74, 6) is 0.115. The third-order valence-corrected chi connectivity index (χ3v) is 2.30. The van der Waals surface area contributed by atoms with Gasteiger partial charge in [0.2, 0.25) is 0 Å². The van der Waals surface area contributed by atoms with Gasteiger partial charge in [0.25, 0.3) is 0 Å². The number of hydrogen-bond donors (Lipinski definition) is 1. The summed E-state index contributed by atoms with van der Waals surface area (Å²) in [4.78, 5) is 11.1. The number of carbonyl (C=O) groups excluding carboxylic acids is 1. The molecule has 0 atom stereocenters. The Morgan fingerprint density at radius 1 is 1.47 bits per heavy atom. The van der Waals surface area contributed by atoms with Crippen molar-refractivity contribution < 1.29 is 4.79 Å². The van der Waals surface area contributed by atoms with Crippen LogP contribution < -0.4 is 5.32 Å². The van der Waals surface area contributed by atoms with Crippen LogP contribution in [0.4, 0.5) is 0 Å². The van der Waals surface area contributed by atoms with Crippen molar-refractivity contribution in [1.82, 2.24) is 5.32 Å². The van der Waals surface area contributed by atoms with Crippen LogP contribution in [-0.4, -0.2) is 19.4 Å². The van der Waals surface area contributed by atoms with E-state index in [0.29, 0.717) is 0 Å². The third kappa shape index (κ3) is 3.33. The molecule has 1 aromatic rings. The largest absolute Gasteiger partial charge is 0.316 e. The first-order valence-electron chi connectivity index (χ1n) is 5.08. The Bertz CT molecular complexity index is 380. The van der Waals surface area contributed by atoms with Crippen LogP contribution in [0.5, 0.6) is 0 Å². The van der Waals surface area contributed by atoms with Crippen LogP contribution in [-0.2, 0) is 0 Å². The number of benzene rings is 1. The van der Waals surface area contributed by atoms with Gasteiger partial charge >= 0.3 is 0 Å². The fourth-order valence-electron chi connectivity index (χ4n) is 1.39. The maximum absolute atomic E-state index is 11.1. The lowest BCUT2D eigenvalue weighted by Crippen LogP contribution is -2.03. The Morgan fingerprint density at radius 2 is 2.20 bits per heavy atom. The number of ketones is 1. The lowest BCUT2D eigenvalue weighted by atomic mass is 10.0. The van der Waals surface area contributed by atoms with Crippen LogP contribution in [0.25, 0.3) is 6.08 Å². The van der Waals surface area contributed by atoms with Gasteiger partial charge in [-0.15, -0.1) is 0 Å². The maximum Gasteiger partial charge on any atom is 0.159 e. The van der Waals surface area contributed by atoms with Gasteiger partial charge in [-0.2, -0.15) is 0 Å². The highest BCUT2D eigenvalue weighted by molar-refractivity contribution is 5.94. The highest BCUT2D eigenvalue weighted by atomic mass is 16.1. The minimum Gasteiger partial charge on any atom is -0.316 e. The summed E-state index contributed by atoms with van der Waals surface area (Å²) in [6.07, 6.45) is 4.13. The molecule has 0 aromatic heterocycles. The number of hydrogen-bond acceptors (Lipinski definition) is 2. The summed E-state index contributed by atoms with van der Waals surface area (Å²) in [5, 5.41) is 3.05. The molecule has 0 spiro atoms. The summed E-state index contributed by atoms with van der Waals surface area (Å²) in [7, 11) is 1.91. The normalized spacial score (nSPS) is 10.9.